The average molecular weight is 410 g/mol. The predicted octanol–water partition coefficient (Wildman–Crippen LogP) is 1.21. The van der Waals surface area contributed by atoms with Crippen molar-refractivity contribution >= 4 is 5.91 Å². The smallest absolute Gasteiger partial charge is 0.268 e. The Kier molecular flexibility index (Phi) is 5.91. The second-order valence-electron chi connectivity index (χ2n) is 6.71. The molecule has 0 bridgehead atoms. The molecule has 2 aromatic heterocycles. The van der Waals surface area contributed by atoms with Crippen LogP contribution in [0, 0.1) is 18.8 Å². The van der Waals surface area contributed by atoms with Crippen molar-refractivity contribution in [2.24, 2.45) is 5.73 Å². The Balaban J connectivity index is 0.00000124. The van der Waals surface area contributed by atoms with Gasteiger partial charge in [0.15, 0.2) is 5.60 Å². The van der Waals surface area contributed by atoms with Gasteiger partial charge in [-0.05, 0) is 32.0 Å². The Morgan fingerprint density at radius 3 is 2.77 bits per heavy atom. The molecule has 0 saturated carbocycles. The first-order valence-electron chi connectivity index (χ1n) is 9.12. The standard InChI is InChI=1S/C20H18N4O4.CH4O/c1-12-9-17(23-28-12)20(2,26)6-5-13-3-4-16-14(10-13)19-22-15(18(21)25)11-24(19)7-8-27-16;1-2/h3-4,9-11,26H,7-8H2,1-2H3,(H2,21,25);2H,1H3/t20-;/m1./s1. The highest BCUT2D eigenvalue weighted by Crippen LogP contribution is 2.32. The summed E-state index contributed by atoms with van der Waals surface area (Å²) < 4.78 is 12.6. The number of primary amides is 1. The van der Waals surface area contributed by atoms with E-state index in [1.807, 2.05) is 4.57 Å². The number of carbonyl (C=O) groups is 1. The zero-order valence-electron chi connectivity index (χ0n) is 16.8. The molecule has 0 fully saturated rings. The molecule has 9 heteroatoms. The fraction of sp³-hybridized carbons (Fsp3) is 0.286. The molecule has 4 N–H and O–H groups in total. The van der Waals surface area contributed by atoms with Crippen LogP contribution in [0.2, 0.25) is 0 Å². The van der Waals surface area contributed by atoms with Crippen molar-refractivity contribution in [2.75, 3.05) is 13.7 Å². The highest BCUT2D eigenvalue weighted by atomic mass is 16.5. The number of aromatic nitrogens is 3. The van der Waals surface area contributed by atoms with Crippen molar-refractivity contribution in [1.29, 1.82) is 0 Å². The van der Waals surface area contributed by atoms with E-state index >= 15 is 0 Å². The summed E-state index contributed by atoms with van der Waals surface area (Å²) in [7, 11) is 1.00. The van der Waals surface area contributed by atoms with E-state index in [0.29, 0.717) is 47.3 Å². The van der Waals surface area contributed by atoms with E-state index in [9.17, 15) is 9.90 Å². The molecule has 1 aliphatic rings. The Labute approximate surface area is 173 Å². The summed E-state index contributed by atoms with van der Waals surface area (Å²) in [5.74, 6) is 7.01. The largest absolute Gasteiger partial charge is 0.491 e. The number of aliphatic hydroxyl groups excluding tert-OH is 1. The molecule has 9 nitrogen and oxygen atoms in total. The number of rotatable bonds is 2. The van der Waals surface area contributed by atoms with E-state index in [4.69, 9.17) is 20.1 Å². The topological polar surface area (TPSA) is 137 Å². The van der Waals surface area contributed by atoms with Crippen LogP contribution in [0.4, 0.5) is 0 Å². The molecule has 0 spiro atoms. The molecule has 1 aromatic carbocycles. The number of aryl methyl sites for hydroxylation is 1. The lowest BCUT2D eigenvalue weighted by atomic mass is 10.0. The molecule has 0 saturated heterocycles. The minimum absolute atomic E-state index is 0.198. The number of amides is 1. The van der Waals surface area contributed by atoms with Crippen LogP contribution in [0.3, 0.4) is 0 Å². The van der Waals surface area contributed by atoms with Crippen molar-refractivity contribution < 1.29 is 24.3 Å². The Morgan fingerprint density at radius 1 is 1.33 bits per heavy atom. The molecule has 0 unspecified atom stereocenters. The van der Waals surface area contributed by atoms with Gasteiger partial charge in [-0.1, -0.05) is 17.0 Å². The van der Waals surface area contributed by atoms with Crippen LogP contribution in [0.25, 0.3) is 11.4 Å². The van der Waals surface area contributed by atoms with Gasteiger partial charge in [0, 0.05) is 24.9 Å². The van der Waals surface area contributed by atoms with E-state index in [-0.39, 0.29) is 5.69 Å². The summed E-state index contributed by atoms with van der Waals surface area (Å²) >= 11 is 0. The number of imidazole rings is 1. The van der Waals surface area contributed by atoms with E-state index in [1.54, 1.807) is 44.3 Å². The highest BCUT2D eigenvalue weighted by Gasteiger charge is 2.25. The van der Waals surface area contributed by atoms with E-state index < -0.39 is 11.5 Å². The first kappa shape index (κ1) is 21.1. The van der Waals surface area contributed by atoms with Gasteiger partial charge in [-0.25, -0.2) is 4.98 Å². The maximum Gasteiger partial charge on any atom is 0.268 e. The van der Waals surface area contributed by atoms with E-state index in [2.05, 4.69) is 22.0 Å². The molecule has 0 radical (unpaired) electrons. The molecule has 1 atom stereocenters. The molecule has 1 amide bonds. The van der Waals surface area contributed by atoms with Crippen molar-refractivity contribution in [1.82, 2.24) is 14.7 Å². The lowest BCUT2D eigenvalue weighted by molar-refractivity contribution is 0.0995. The van der Waals surface area contributed by atoms with Gasteiger partial charge in [0.25, 0.3) is 5.91 Å². The number of nitrogens with zero attached hydrogens (tertiary/aromatic N) is 3. The molecule has 0 aliphatic carbocycles. The Morgan fingerprint density at radius 2 is 2.10 bits per heavy atom. The lowest BCUT2D eigenvalue weighted by Crippen LogP contribution is -2.18. The summed E-state index contributed by atoms with van der Waals surface area (Å²) in [6.45, 7) is 4.29. The van der Waals surface area contributed by atoms with Crippen LogP contribution in [-0.2, 0) is 12.1 Å². The monoisotopic (exact) mass is 410 g/mol. The Hall–Kier alpha value is -3.61. The van der Waals surface area contributed by atoms with Crippen LogP contribution in [0.1, 0.15) is 34.4 Å². The second-order valence-corrected chi connectivity index (χ2v) is 6.71. The number of aliphatic hydroxyl groups is 2. The molecule has 30 heavy (non-hydrogen) atoms. The van der Waals surface area contributed by atoms with Crippen LogP contribution < -0.4 is 10.5 Å². The van der Waals surface area contributed by atoms with Crippen molar-refractivity contribution in [3.8, 4) is 29.0 Å². The van der Waals surface area contributed by atoms with Crippen molar-refractivity contribution in [3.05, 3.63) is 53.2 Å². The average Bonchev–Trinajstić information content (AvgIpc) is 3.32. The summed E-state index contributed by atoms with van der Waals surface area (Å²) in [6.07, 6.45) is 1.62. The molecular formula is C21H22N4O5. The normalized spacial score (nSPS) is 13.8. The van der Waals surface area contributed by atoms with Crippen LogP contribution in [0.15, 0.2) is 35.0 Å². The van der Waals surface area contributed by atoms with E-state index in [0.717, 1.165) is 7.11 Å². The fourth-order valence-electron chi connectivity index (χ4n) is 2.94. The maximum absolute atomic E-state index is 11.5. The summed E-state index contributed by atoms with van der Waals surface area (Å²) in [5.41, 5.74) is 5.80. The first-order valence-corrected chi connectivity index (χ1v) is 9.12. The number of nitrogens with two attached hydrogens (primary N) is 1. The van der Waals surface area contributed by atoms with Crippen LogP contribution >= 0.6 is 0 Å². The van der Waals surface area contributed by atoms with Crippen LogP contribution in [-0.4, -0.2) is 44.5 Å². The first-order chi connectivity index (χ1) is 14.3. The Bertz CT molecular complexity index is 1130. The van der Waals surface area contributed by atoms with Crippen molar-refractivity contribution in [3.63, 3.8) is 0 Å². The lowest BCUT2D eigenvalue weighted by Gasteiger charge is -2.11. The van der Waals surface area contributed by atoms with Gasteiger partial charge in [0.1, 0.15) is 35.3 Å². The number of ether oxygens (including phenoxy) is 1. The SMILES string of the molecule is CO.Cc1cc([C@](C)(O)C#Cc2ccc3c(c2)-c2nc(C(N)=O)cn2CCO3)no1. The maximum atomic E-state index is 11.5. The van der Waals surface area contributed by atoms with Gasteiger partial charge < -0.3 is 29.8 Å². The molecule has 1 aliphatic heterocycles. The van der Waals surface area contributed by atoms with Crippen molar-refractivity contribution in [2.45, 2.75) is 26.0 Å². The zero-order chi connectivity index (χ0) is 21.9. The fourth-order valence-corrected chi connectivity index (χ4v) is 2.94. The molecular weight excluding hydrogens is 388 g/mol. The molecule has 156 valence electrons. The number of benzene rings is 1. The van der Waals surface area contributed by atoms with Gasteiger partial charge in [-0.2, -0.15) is 0 Å². The number of fused-ring (bicyclic) bond motifs is 3. The molecule has 3 aromatic rings. The summed E-state index contributed by atoms with van der Waals surface area (Å²) in [6, 6.07) is 7.04. The van der Waals surface area contributed by atoms with Gasteiger partial charge in [-0.15, -0.1) is 0 Å². The third-order valence-corrected chi connectivity index (χ3v) is 4.42. The van der Waals surface area contributed by atoms with Gasteiger partial charge in [0.05, 0.1) is 12.1 Å². The van der Waals surface area contributed by atoms with Gasteiger partial charge >= 0.3 is 0 Å². The van der Waals surface area contributed by atoms with Gasteiger partial charge in [-0.3, -0.25) is 4.79 Å². The second kappa shape index (κ2) is 8.41. The minimum atomic E-state index is -1.46. The molecule has 3 heterocycles. The summed E-state index contributed by atoms with van der Waals surface area (Å²) in [5, 5.41) is 21.4. The highest BCUT2D eigenvalue weighted by molar-refractivity contribution is 5.91. The van der Waals surface area contributed by atoms with E-state index in [1.165, 1.54) is 0 Å². The third kappa shape index (κ3) is 4.20. The molecule has 4 rings (SSSR count). The van der Waals surface area contributed by atoms with Gasteiger partial charge in [0.2, 0.25) is 0 Å². The minimum Gasteiger partial charge on any atom is -0.491 e. The zero-order valence-corrected chi connectivity index (χ0v) is 16.8. The quantitative estimate of drug-likeness (QED) is 0.540. The number of carbonyl (C=O) groups excluding carboxylic acids is 1. The number of hydrogen-bond acceptors (Lipinski definition) is 7. The third-order valence-electron chi connectivity index (χ3n) is 4.42. The summed E-state index contributed by atoms with van der Waals surface area (Å²) in [4.78, 5) is 15.8. The van der Waals surface area contributed by atoms with Crippen LogP contribution in [0.5, 0.6) is 5.75 Å². The number of hydrogen-bond donors (Lipinski definition) is 3. The predicted molar refractivity (Wildman–Crippen MR) is 108 cm³/mol.